The number of nitrogen functional groups attached to an aromatic ring is 1. The van der Waals surface area contributed by atoms with Gasteiger partial charge >= 0.3 is 6.18 Å². The average Bonchev–Trinajstić information content (AvgIpc) is 3.53. The quantitative estimate of drug-likeness (QED) is 0.286. The lowest BCUT2D eigenvalue weighted by molar-refractivity contribution is -0.137. The Morgan fingerprint density at radius 1 is 1.16 bits per heavy atom. The maximum atomic E-state index is 13.3. The summed E-state index contributed by atoms with van der Waals surface area (Å²) < 4.78 is 41.6. The minimum atomic E-state index is -4.53. The van der Waals surface area contributed by atoms with Gasteiger partial charge in [-0.2, -0.15) is 13.2 Å². The molecule has 190 valence electrons. The Kier molecular flexibility index (Phi) is 6.20. The second-order valence-corrected chi connectivity index (χ2v) is 8.89. The van der Waals surface area contributed by atoms with Crippen LogP contribution in [0.2, 0.25) is 5.28 Å². The summed E-state index contributed by atoms with van der Waals surface area (Å²) in [5.41, 5.74) is 7.32. The van der Waals surface area contributed by atoms with Crippen molar-refractivity contribution in [1.82, 2.24) is 29.4 Å². The van der Waals surface area contributed by atoms with E-state index in [2.05, 4.69) is 25.3 Å². The van der Waals surface area contributed by atoms with Gasteiger partial charge < -0.3 is 20.5 Å². The SMILES string of the molecule is C[C@@H](Nc1nc(Cl)nc2c1CN(C(=O)c1cc(-n3ccnc3)ccn1)C2)c1cc(N)cc(C(F)(F)F)c1. The van der Waals surface area contributed by atoms with E-state index >= 15 is 0 Å². The summed E-state index contributed by atoms with van der Waals surface area (Å²) in [6.45, 7) is 2.02. The molecule has 13 heteroatoms. The second kappa shape index (κ2) is 9.36. The van der Waals surface area contributed by atoms with Crippen LogP contribution in [0.1, 0.15) is 45.8 Å². The monoisotopic (exact) mass is 528 g/mol. The number of aromatic nitrogens is 5. The highest BCUT2D eigenvalue weighted by molar-refractivity contribution is 6.28. The van der Waals surface area contributed by atoms with Crippen LogP contribution < -0.4 is 11.1 Å². The zero-order chi connectivity index (χ0) is 26.3. The first-order valence-electron chi connectivity index (χ1n) is 11.1. The molecule has 0 aliphatic carbocycles. The Hall–Kier alpha value is -4.19. The summed E-state index contributed by atoms with van der Waals surface area (Å²) in [6.07, 6.45) is 2.00. The summed E-state index contributed by atoms with van der Waals surface area (Å²) >= 11 is 6.13. The number of nitrogens with one attached hydrogen (secondary N) is 1. The van der Waals surface area contributed by atoms with E-state index in [0.29, 0.717) is 22.6 Å². The summed E-state index contributed by atoms with van der Waals surface area (Å²) in [7, 11) is 0. The Labute approximate surface area is 214 Å². The van der Waals surface area contributed by atoms with E-state index in [1.165, 1.54) is 12.3 Å². The number of hydrogen-bond donors (Lipinski definition) is 2. The molecule has 0 saturated heterocycles. The van der Waals surface area contributed by atoms with Gasteiger partial charge in [-0.05, 0) is 54.4 Å². The largest absolute Gasteiger partial charge is 0.416 e. The van der Waals surface area contributed by atoms with Gasteiger partial charge in [0.15, 0.2) is 0 Å². The third-order valence-electron chi connectivity index (χ3n) is 5.97. The number of halogens is 4. The van der Waals surface area contributed by atoms with Crippen molar-refractivity contribution in [3.05, 3.63) is 88.6 Å². The molecule has 0 unspecified atom stereocenters. The van der Waals surface area contributed by atoms with E-state index in [-0.39, 0.29) is 35.7 Å². The first-order valence-corrected chi connectivity index (χ1v) is 11.5. The molecule has 1 aliphatic heterocycles. The highest BCUT2D eigenvalue weighted by Gasteiger charge is 2.33. The van der Waals surface area contributed by atoms with Crippen LogP contribution in [0.25, 0.3) is 5.69 Å². The Balaban J connectivity index is 1.39. The van der Waals surface area contributed by atoms with Gasteiger partial charge in [-0.1, -0.05) is 0 Å². The van der Waals surface area contributed by atoms with Crippen molar-refractivity contribution in [2.75, 3.05) is 11.1 Å². The standard InChI is InChI=1S/C24H20ClF3N8O/c1-13(14-6-15(24(26,27)28)8-16(29)7-14)32-21-18-10-36(11-20(18)33-23(25)34-21)22(37)19-9-17(2-3-31-19)35-5-4-30-12-35/h2-9,12-13H,10-11,29H2,1H3,(H,32,33,34)/t13-/m1/s1. The second-order valence-electron chi connectivity index (χ2n) is 8.55. The van der Waals surface area contributed by atoms with E-state index in [9.17, 15) is 18.0 Å². The molecule has 4 heterocycles. The van der Waals surface area contributed by atoms with E-state index in [1.807, 2.05) is 0 Å². The first kappa shape index (κ1) is 24.5. The molecule has 1 amide bonds. The lowest BCUT2D eigenvalue weighted by atomic mass is 10.0. The number of amides is 1. The highest BCUT2D eigenvalue weighted by atomic mass is 35.5. The fourth-order valence-corrected chi connectivity index (χ4v) is 4.32. The molecule has 0 radical (unpaired) electrons. The van der Waals surface area contributed by atoms with Crippen molar-refractivity contribution in [1.29, 1.82) is 0 Å². The van der Waals surface area contributed by atoms with Gasteiger partial charge in [0.1, 0.15) is 11.5 Å². The van der Waals surface area contributed by atoms with E-state index in [1.54, 1.807) is 47.2 Å². The van der Waals surface area contributed by atoms with Crippen LogP contribution in [-0.2, 0) is 19.3 Å². The normalized spacial score (nSPS) is 13.9. The molecule has 1 aromatic carbocycles. The van der Waals surface area contributed by atoms with Crippen LogP contribution >= 0.6 is 11.6 Å². The number of pyridine rings is 1. The maximum absolute atomic E-state index is 13.3. The number of nitrogens with two attached hydrogens (primary N) is 1. The number of carbonyl (C=O) groups is 1. The highest BCUT2D eigenvalue weighted by Crippen LogP contribution is 2.35. The summed E-state index contributed by atoms with van der Waals surface area (Å²) in [4.78, 5) is 31.5. The Morgan fingerprint density at radius 3 is 2.70 bits per heavy atom. The number of rotatable bonds is 5. The van der Waals surface area contributed by atoms with Gasteiger partial charge in [-0.3, -0.25) is 9.78 Å². The van der Waals surface area contributed by atoms with Crippen molar-refractivity contribution in [3.63, 3.8) is 0 Å². The number of anilines is 2. The number of benzene rings is 1. The van der Waals surface area contributed by atoms with Crippen LogP contribution in [0.4, 0.5) is 24.7 Å². The molecule has 0 saturated carbocycles. The van der Waals surface area contributed by atoms with Crippen molar-refractivity contribution in [2.45, 2.75) is 32.2 Å². The summed E-state index contributed by atoms with van der Waals surface area (Å²) in [6, 6.07) is 6.20. The molecule has 0 fully saturated rings. The van der Waals surface area contributed by atoms with Crippen LogP contribution in [0.3, 0.4) is 0 Å². The number of fused-ring (bicyclic) bond motifs is 1. The fourth-order valence-electron chi connectivity index (χ4n) is 4.14. The molecule has 0 bridgehead atoms. The van der Waals surface area contributed by atoms with Crippen molar-refractivity contribution in [3.8, 4) is 5.69 Å². The number of carbonyl (C=O) groups excluding carboxylic acids is 1. The zero-order valence-electron chi connectivity index (χ0n) is 19.4. The smallest absolute Gasteiger partial charge is 0.399 e. The molecular formula is C24H20ClF3N8O. The van der Waals surface area contributed by atoms with Gasteiger partial charge in [0.25, 0.3) is 5.91 Å². The molecule has 3 N–H and O–H groups in total. The molecule has 1 atom stereocenters. The molecule has 9 nitrogen and oxygen atoms in total. The van der Waals surface area contributed by atoms with Gasteiger partial charge in [0.2, 0.25) is 5.28 Å². The predicted molar refractivity (Wildman–Crippen MR) is 130 cm³/mol. The van der Waals surface area contributed by atoms with Gasteiger partial charge in [-0.25, -0.2) is 15.0 Å². The van der Waals surface area contributed by atoms with Gasteiger partial charge in [-0.15, -0.1) is 0 Å². The topological polar surface area (TPSA) is 115 Å². The van der Waals surface area contributed by atoms with Gasteiger partial charge in [0.05, 0.1) is 42.4 Å². The minimum Gasteiger partial charge on any atom is -0.399 e. The van der Waals surface area contributed by atoms with Gasteiger partial charge in [0, 0.05) is 29.8 Å². The van der Waals surface area contributed by atoms with Crippen molar-refractivity contribution in [2.24, 2.45) is 0 Å². The average molecular weight is 529 g/mol. The number of imidazole rings is 1. The van der Waals surface area contributed by atoms with E-state index in [4.69, 9.17) is 17.3 Å². The lowest BCUT2D eigenvalue weighted by Crippen LogP contribution is -2.26. The summed E-state index contributed by atoms with van der Waals surface area (Å²) in [5, 5.41) is 3.06. The fraction of sp³-hybridized carbons (Fsp3) is 0.208. The number of nitrogens with zero attached hydrogens (tertiary/aromatic N) is 6. The zero-order valence-corrected chi connectivity index (χ0v) is 20.1. The van der Waals surface area contributed by atoms with Crippen molar-refractivity contribution < 1.29 is 18.0 Å². The predicted octanol–water partition coefficient (Wildman–Crippen LogP) is 4.64. The summed E-state index contributed by atoms with van der Waals surface area (Å²) in [5.74, 6) is 0.00893. The number of alkyl halides is 3. The van der Waals surface area contributed by atoms with E-state index < -0.39 is 17.8 Å². The Bertz CT molecular complexity index is 1480. The van der Waals surface area contributed by atoms with Crippen LogP contribution in [0.5, 0.6) is 0 Å². The molecule has 5 rings (SSSR count). The van der Waals surface area contributed by atoms with Crippen LogP contribution in [0.15, 0.2) is 55.2 Å². The molecule has 0 spiro atoms. The van der Waals surface area contributed by atoms with Crippen LogP contribution in [-0.4, -0.2) is 35.3 Å². The van der Waals surface area contributed by atoms with E-state index in [0.717, 1.165) is 17.8 Å². The lowest BCUT2D eigenvalue weighted by Gasteiger charge is -2.19. The minimum absolute atomic E-state index is 0.00776. The maximum Gasteiger partial charge on any atom is 0.416 e. The molecule has 1 aliphatic rings. The Morgan fingerprint density at radius 2 is 1.97 bits per heavy atom. The third-order valence-corrected chi connectivity index (χ3v) is 6.13. The van der Waals surface area contributed by atoms with Crippen molar-refractivity contribution >= 4 is 29.0 Å². The number of hydrogen-bond acceptors (Lipinski definition) is 7. The van der Waals surface area contributed by atoms with Crippen LogP contribution in [0, 0.1) is 0 Å². The third kappa shape index (κ3) is 5.05. The molecule has 4 aromatic rings. The first-order chi connectivity index (χ1) is 17.6. The molecule has 3 aromatic heterocycles. The molecular weight excluding hydrogens is 509 g/mol. The molecule has 37 heavy (non-hydrogen) atoms.